The van der Waals surface area contributed by atoms with Crippen molar-refractivity contribution in [2.45, 2.75) is 18.8 Å². The van der Waals surface area contributed by atoms with Crippen molar-refractivity contribution >= 4 is 34.8 Å². The highest BCUT2D eigenvalue weighted by atomic mass is 35.5. The van der Waals surface area contributed by atoms with Gasteiger partial charge in [0.2, 0.25) is 0 Å². The second-order valence-corrected chi connectivity index (χ2v) is 8.57. The van der Waals surface area contributed by atoms with Gasteiger partial charge in [-0.15, -0.1) is 0 Å². The van der Waals surface area contributed by atoms with Gasteiger partial charge >= 0.3 is 0 Å². The summed E-state index contributed by atoms with van der Waals surface area (Å²) < 4.78 is 14.0. The van der Waals surface area contributed by atoms with Gasteiger partial charge in [-0.25, -0.2) is 4.39 Å². The Bertz CT molecular complexity index is 1200. The monoisotopic (exact) mass is 451 g/mol. The summed E-state index contributed by atoms with van der Waals surface area (Å²) in [6.07, 6.45) is 6.54. The number of benzene rings is 3. The van der Waals surface area contributed by atoms with E-state index in [0.717, 1.165) is 0 Å². The topological polar surface area (TPSA) is 29.1 Å². The predicted octanol–water partition coefficient (Wildman–Crippen LogP) is 7.58. The minimum atomic E-state index is -0.408. The molecule has 0 bridgehead atoms. The van der Waals surface area contributed by atoms with Crippen molar-refractivity contribution in [2.24, 2.45) is 0 Å². The highest BCUT2D eigenvalue weighted by Gasteiger charge is 2.26. The molecule has 0 saturated carbocycles. The van der Waals surface area contributed by atoms with Crippen LogP contribution in [-0.2, 0) is 10.2 Å². The van der Waals surface area contributed by atoms with Gasteiger partial charge < -0.3 is 5.32 Å². The fourth-order valence-corrected chi connectivity index (χ4v) is 3.95. The lowest BCUT2D eigenvalue weighted by atomic mass is 9.76. The zero-order valence-corrected chi connectivity index (χ0v) is 18.3. The van der Waals surface area contributed by atoms with Gasteiger partial charge in [0.15, 0.2) is 0 Å². The first-order valence-corrected chi connectivity index (χ1v) is 10.6. The maximum Gasteiger partial charge on any atom is 0.255 e. The van der Waals surface area contributed by atoms with Crippen LogP contribution in [0.4, 0.5) is 10.1 Å². The molecule has 4 rings (SSSR count). The van der Waals surface area contributed by atoms with Crippen LogP contribution in [0.25, 0.3) is 11.1 Å². The van der Waals surface area contributed by atoms with Crippen LogP contribution in [0.5, 0.6) is 0 Å². The molecule has 1 aliphatic carbocycles. The number of carbonyl (C=O) groups excluding carboxylic acids is 1. The van der Waals surface area contributed by atoms with E-state index in [2.05, 4.69) is 30.4 Å². The van der Waals surface area contributed by atoms with Crippen LogP contribution in [0, 0.1) is 5.82 Å². The molecule has 0 aromatic heterocycles. The first-order valence-electron chi connectivity index (χ1n) is 9.87. The average molecular weight is 452 g/mol. The van der Waals surface area contributed by atoms with Gasteiger partial charge in [0.1, 0.15) is 5.82 Å². The first-order chi connectivity index (χ1) is 14.9. The van der Waals surface area contributed by atoms with Crippen molar-refractivity contribution in [3.63, 3.8) is 0 Å². The highest BCUT2D eigenvalue weighted by Crippen LogP contribution is 2.35. The van der Waals surface area contributed by atoms with Gasteiger partial charge in [0, 0.05) is 22.2 Å². The van der Waals surface area contributed by atoms with Gasteiger partial charge in [-0.05, 0) is 47.9 Å². The number of allylic oxidation sites excluding steroid dienone is 2. The number of anilines is 1. The Labute approximate surface area is 191 Å². The highest BCUT2D eigenvalue weighted by molar-refractivity contribution is 6.42. The number of halogens is 3. The third-order valence-corrected chi connectivity index (χ3v) is 6.27. The molecule has 0 saturated heterocycles. The third kappa shape index (κ3) is 4.58. The molecule has 0 heterocycles. The lowest BCUT2D eigenvalue weighted by Crippen LogP contribution is -2.23. The summed E-state index contributed by atoms with van der Waals surface area (Å²) in [5.41, 5.74) is 3.29. The Hall–Kier alpha value is -2.88. The maximum absolute atomic E-state index is 14.0. The van der Waals surface area contributed by atoms with E-state index in [1.807, 2.05) is 30.4 Å². The Kier molecular flexibility index (Phi) is 5.99. The van der Waals surface area contributed by atoms with E-state index in [1.165, 1.54) is 17.7 Å². The van der Waals surface area contributed by atoms with Crippen molar-refractivity contribution in [2.75, 3.05) is 5.32 Å². The molecule has 3 aromatic carbocycles. The Balaban J connectivity index is 1.57. The molecular weight excluding hydrogens is 432 g/mol. The smallest absolute Gasteiger partial charge is 0.255 e. The quantitative estimate of drug-likeness (QED) is 0.434. The van der Waals surface area contributed by atoms with Crippen LogP contribution in [-0.4, -0.2) is 5.91 Å². The van der Waals surface area contributed by atoms with Gasteiger partial charge in [-0.3, -0.25) is 4.79 Å². The third-order valence-electron chi connectivity index (χ3n) is 5.53. The standard InChI is InChI=1S/C26H20Cl2FNO/c1-26(19-5-3-2-4-6-19)13-11-17(12-14-26)25(31)30-24-10-8-20(29)16-21(24)18-7-9-22(27)23(28)15-18/h2-13,15-16H,14H2,1H3,(H,30,31). The van der Waals surface area contributed by atoms with Crippen molar-refractivity contribution in [1.82, 2.24) is 0 Å². The number of nitrogens with one attached hydrogen (secondary N) is 1. The van der Waals surface area contributed by atoms with Crippen molar-refractivity contribution < 1.29 is 9.18 Å². The Morgan fingerprint density at radius 3 is 2.45 bits per heavy atom. The first kappa shape index (κ1) is 21.4. The van der Waals surface area contributed by atoms with E-state index in [4.69, 9.17) is 23.2 Å². The second-order valence-electron chi connectivity index (χ2n) is 7.75. The normalized spacial score (nSPS) is 17.9. The second kappa shape index (κ2) is 8.70. The van der Waals surface area contributed by atoms with Crippen molar-refractivity contribution in [3.8, 4) is 11.1 Å². The molecule has 0 spiro atoms. The molecule has 5 heteroatoms. The fraction of sp³-hybridized carbons (Fsp3) is 0.115. The SMILES string of the molecule is CC1(c2ccccc2)C=CC(C(=O)Nc2ccc(F)cc2-c2ccc(Cl)c(Cl)c2)=CC1. The summed E-state index contributed by atoms with van der Waals surface area (Å²) in [6.45, 7) is 2.15. The number of hydrogen-bond donors (Lipinski definition) is 1. The molecular formula is C26H20Cl2FNO. The summed E-state index contributed by atoms with van der Waals surface area (Å²) in [5.74, 6) is -0.659. The molecule has 0 fully saturated rings. The summed E-state index contributed by atoms with van der Waals surface area (Å²) in [4.78, 5) is 12.9. The van der Waals surface area contributed by atoms with Gasteiger partial charge in [0.25, 0.3) is 5.91 Å². The minimum Gasteiger partial charge on any atom is -0.321 e. The van der Waals surface area contributed by atoms with Crippen LogP contribution >= 0.6 is 23.2 Å². The molecule has 3 aromatic rings. The maximum atomic E-state index is 14.0. The molecule has 2 nitrogen and oxygen atoms in total. The Morgan fingerprint density at radius 2 is 1.77 bits per heavy atom. The van der Waals surface area contributed by atoms with Crippen LogP contribution in [0.2, 0.25) is 10.0 Å². The van der Waals surface area contributed by atoms with E-state index in [0.29, 0.717) is 38.9 Å². The largest absolute Gasteiger partial charge is 0.321 e. The van der Waals surface area contributed by atoms with Crippen molar-refractivity contribution in [1.29, 1.82) is 0 Å². The molecule has 1 aliphatic rings. The summed E-state index contributed by atoms with van der Waals surface area (Å²) in [7, 11) is 0. The molecule has 1 atom stereocenters. The zero-order chi connectivity index (χ0) is 22.0. The number of amides is 1. The van der Waals surface area contributed by atoms with Crippen LogP contribution in [0.1, 0.15) is 18.9 Å². The number of hydrogen-bond acceptors (Lipinski definition) is 1. The molecule has 1 unspecified atom stereocenters. The number of rotatable bonds is 4. The lowest BCUT2D eigenvalue weighted by Gasteiger charge is -2.28. The predicted molar refractivity (Wildman–Crippen MR) is 126 cm³/mol. The minimum absolute atomic E-state index is 0.161. The molecule has 0 aliphatic heterocycles. The average Bonchev–Trinajstić information content (AvgIpc) is 2.78. The van der Waals surface area contributed by atoms with Gasteiger partial charge in [0.05, 0.1) is 10.0 Å². The van der Waals surface area contributed by atoms with E-state index in [-0.39, 0.29) is 11.3 Å². The molecule has 1 N–H and O–H groups in total. The van der Waals surface area contributed by atoms with E-state index >= 15 is 0 Å². The van der Waals surface area contributed by atoms with E-state index in [1.54, 1.807) is 24.3 Å². The molecule has 1 amide bonds. The van der Waals surface area contributed by atoms with Crippen LogP contribution < -0.4 is 5.32 Å². The summed E-state index contributed by atoms with van der Waals surface area (Å²) >= 11 is 12.1. The van der Waals surface area contributed by atoms with Crippen molar-refractivity contribution in [3.05, 3.63) is 112 Å². The molecule has 156 valence electrons. The van der Waals surface area contributed by atoms with Crippen LogP contribution in [0.15, 0.2) is 90.5 Å². The zero-order valence-electron chi connectivity index (χ0n) is 16.8. The fourth-order valence-electron chi connectivity index (χ4n) is 3.66. The lowest BCUT2D eigenvalue weighted by molar-refractivity contribution is -0.112. The number of carbonyl (C=O) groups is 1. The van der Waals surface area contributed by atoms with E-state index in [9.17, 15) is 9.18 Å². The Morgan fingerprint density at radius 1 is 1.00 bits per heavy atom. The van der Waals surface area contributed by atoms with Gasteiger partial charge in [-0.1, -0.05) is 84.8 Å². The van der Waals surface area contributed by atoms with E-state index < -0.39 is 5.82 Å². The summed E-state index contributed by atoms with van der Waals surface area (Å²) in [5, 5.41) is 3.67. The summed E-state index contributed by atoms with van der Waals surface area (Å²) in [6, 6.07) is 19.5. The molecule has 31 heavy (non-hydrogen) atoms. The molecule has 0 radical (unpaired) electrons. The van der Waals surface area contributed by atoms with Gasteiger partial charge in [-0.2, -0.15) is 0 Å². The van der Waals surface area contributed by atoms with Crippen LogP contribution in [0.3, 0.4) is 0 Å².